The molecule has 0 fully saturated rings. The summed E-state index contributed by atoms with van der Waals surface area (Å²) in [7, 11) is 0. The number of thioether (sulfide) groups is 1. The zero-order chi connectivity index (χ0) is 18.8. The molecule has 2 amide bonds. The summed E-state index contributed by atoms with van der Waals surface area (Å²) in [6.07, 6.45) is -0.869. The first-order chi connectivity index (χ1) is 12.6. The number of hydrogen-bond donors (Lipinski definition) is 1. The number of amides is 2. The van der Waals surface area contributed by atoms with Crippen LogP contribution in [0.1, 0.15) is 17.7 Å². The summed E-state index contributed by atoms with van der Waals surface area (Å²) in [5.74, 6) is -1.31. The van der Waals surface area contributed by atoms with Crippen LogP contribution in [-0.4, -0.2) is 31.2 Å². The third kappa shape index (κ3) is 6.25. The maximum absolute atomic E-state index is 12.5. The lowest BCUT2D eigenvalue weighted by Crippen LogP contribution is -2.35. The quantitative estimate of drug-likeness (QED) is 0.592. The molecule has 0 aromatic heterocycles. The molecule has 26 heavy (non-hydrogen) atoms. The summed E-state index contributed by atoms with van der Waals surface area (Å²) in [6, 6.07) is 18.6. The predicted octanol–water partition coefficient (Wildman–Crippen LogP) is 3.34. The summed E-state index contributed by atoms with van der Waals surface area (Å²) in [5, 5.41) is 1.35. The van der Waals surface area contributed by atoms with E-state index in [1.54, 1.807) is 6.92 Å². The Kier molecular flexibility index (Phi) is 7.70. The standard InChI is InChI=1S/C19H19NO5S/c1-2-24-19(23)20-16(21)13-25-18(22)17(14-9-5-3-6-10-14)26-15-11-7-4-8-12-15/h3-12,17H,2,13H2,1H3,(H,20,21,23)/t17-/m0/s1. The molecule has 0 aliphatic carbocycles. The molecule has 2 aromatic carbocycles. The lowest BCUT2D eigenvalue weighted by Gasteiger charge is -2.16. The summed E-state index contributed by atoms with van der Waals surface area (Å²) in [4.78, 5) is 36.3. The third-order valence-electron chi connectivity index (χ3n) is 3.18. The van der Waals surface area contributed by atoms with Gasteiger partial charge >= 0.3 is 12.1 Å². The first-order valence-electron chi connectivity index (χ1n) is 8.00. The van der Waals surface area contributed by atoms with Gasteiger partial charge in [0.05, 0.1) is 6.61 Å². The van der Waals surface area contributed by atoms with Gasteiger partial charge in [-0.1, -0.05) is 48.5 Å². The second-order valence-corrected chi connectivity index (χ2v) is 6.28. The number of carbonyl (C=O) groups is 3. The Labute approximate surface area is 155 Å². The molecule has 7 heteroatoms. The zero-order valence-electron chi connectivity index (χ0n) is 14.2. The maximum atomic E-state index is 12.5. The highest BCUT2D eigenvalue weighted by molar-refractivity contribution is 8.00. The fourth-order valence-corrected chi connectivity index (χ4v) is 3.09. The van der Waals surface area contributed by atoms with Crippen molar-refractivity contribution in [1.82, 2.24) is 5.32 Å². The number of nitrogens with one attached hydrogen (secondary N) is 1. The van der Waals surface area contributed by atoms with Crippen molar-refractivity contribution in [2.24, 2.45) is 0 Å². The monoisotopic (exact) mass is 373 g/mol. The normalized spacial score (nSPS) is 11.3. The van der Waals surface area contributed by atoms with Crippen molar-refractivity contribution >= 4 is 29.7 Å². The number of rotatable bonds is 7. The molecule has 0 aliphatic heterocycles. The summed E-state index contributed by atoms with van der Waals surface area (Å²) < 4.78 is 9.69. The largest absolute Gasteiger partial charge is 0.454 e. The third-order valence-corrected chi connectivity index (χ3v) is 4.42. The van der Waals surface area contributed by atoms with Gasteiger partial charge in [0.15, 0.2) is 6.61 Å². The van der Waals surface area contributed by atoms with Gasteiger partial charge in [-0.25, -0.2) is 4.79 Å². The van der Waals surface area contributed by atoms with E-state index in [4.69, 9.17) is 4.74 Å². The Hall–Kier alpha value is -2.80. The van der Waals surface area contributed by atoms with E-state index in [0.717, 1.165) is 10.5 Å². The summed E-state index contributed by atoms with van der Waals surface area (Å²) in [6.45, 7) is 1.20. The van der Waals surface area contributed by atoms with Crippen molar-refractivity contribution in [3.05, 3.63) is 66.2 Å². The minimum atomic E-state index is -0.869. The van der Waals surface area contributed by atoms with Crippen LogP contribution in [0.2, 0.25) is 0 Å². The molecular weight excluding hydrogens is 354 g/mol. The van der Waals surface area contributed by atoms with Crippen LogP contribution >= 0.6 is 11.8 Å². The number of carbonyl (C=O) groups excluding carboxylic acids is 3. The molecule has 0 spiro atoms. The van der Waals surface area contributed by atoms with E-state index in [1.807, 2.05) is 66.0 Å². The molecule has 0 heterocycles. The highest BCUT2D eigenvalue weighted by Gasteiger charge is 2.24. The molecule has 2 rings (SSSR count). The second-order valence-electron chi connectivity index (χ2n) is 5.10. The molecule has 6 nitrogen and oxygen atoms in total. The summed E-state index contributed by atoms with van der Waals surface area (Å²) in [5.41, 5.74) is 0.761. The van der Waals surface area contributed by atoms with Crippen LogP contribution in [-0.2, 0) is 19.1 Å². The lowest BCUT2D eigenvalue weighted by atomic mass is 10.1. The first kappa shape index (κ1) is 19.5. The van der Waals surface area contributed by atoms with Crippen molar-refractivity contribution in [2.45, 2.75) is 17.1 Å². The van der Waals surface area contributed by atoms with E-state index in [-0.39, 0.29) is 6.61 Å². The average Bonchev–Trinajstić information content (AvgIpc) is 2.66. The van der Waals surface area contributed by atoms with E-state index in [2.05, 4.69) is 4.74 Å². The second kappa shape index (κ2) is 10.2. The van der Waals surface area contributed by atoms with Crippen molar-refractivity contribution in [3.8, 4) is 0 Å². The Bertz CT molecular complexity index is 736. The van der Waals surface area contributed by atoms with Crippen molar-refractivity contribution < 1.29 is 23.9 Å². The number of hydrogen-bond acceptors (Lipinski definition) is 6. The molecule has 0 radical (unpaired) electrons. The smallest absolute Gasteiger partial charge is 0.413 e. The highest BCUT2D eigenvalue weighted by Crippen LogP contribution is 2.36. The Balaban J connectivity index is 2.02. The van der Waals surface area contributed by atoms with Crippen molar-refractivity contribution in [1.29, 1.82) is 0 Å². The molecule has 0 aliphatic rings. The topological polar surface area (TPSA) is 81.7 Å². The van der Waals surface area contributed by atoms with Gasteiger partial charge in [0, 0.05) is 4.90 Å². The number of benzene rings is 2. The first-order valence-corrected chi connectivity index (χ1v) is 8.88. The summed E-state index contributed by atoms with van der Waals surface area (Å²) >= 11 is 1.33. The fourth-order valence-electron chi connectivity index (χ4n) is 2.04. The van der Waals surface area contributed by atoms with E-state index in [9.17, 15) is 14.4 Å². The predicted molar refractivity (Wildman–Crippen MR) is 97.6 cm³/mol. The molecule has 0 bridgehead atoms. The van der Waals surface area contributed by atoms with Crippen molar-refractivity contribution in [2.75, 3.05) is 13.2 Å². The number of ether oxygens (including phenoxy) is 2. The molecule has 2 aromatic rings. The number of esters is 1. The molecule has 0 unspecified atom stereocenters. The van der Waals surface area contributed by atoms with Crippen LogP contribution in [0.25, 0.3) is 0 Å². The van der Waals surface area contributed by atoms with Gasteiger partial charge in [-0.15, -0.1) is 11.8 Å². The maximum Gasteiger partial charge on any atom is 0.413 e. The fraction of sp³-hybridized carbons (Fsp3) is 0.211. The molecule has 0 saturated carbocycles. The van der Waals surface area contributed by atoms with Gasteiger partial charge in [-0.3, -0.25) is 14.9 Å². The lowest BCUT2D eigenvalue weighted by molar-refractivity contribution is -0.147. The Morgan fingerprint density at radius 3 is 2.19 bits per heavy atom. The van der Waals surface area contributed by atoms with E-state index in [1.165, 1.54) is 11.8 Å². The van der Waals surface area contributed by atoms with Crippen molar-refractivity contribution in [3.63, 3.8) is 0 Å². The van der Waals surface area contributed by atoms with Gasteiger partial charge in [0.25, 0.3) is 5.91 Å². The molecule has 1 atom stereocenters. The minimum Gasteiger partial charge on any atom is -0.454 e. The Morgan fingerprint density at radius 2 is 1.58 bits per heavy atom. The van der Waals surface area contributed by atoms with Crippen LogP contribution < -0.4 is 5.32 Å². The van der Waals surface area contributed by atoms with Gasteiger partial charge in [-0.2, -0.15) is 0 Å². The molecule has 1 N–H and O–H groups in total. The van der Waals surface area contributed by atoms with Crippen LogP contribution in [0.4, 0.5) is 4.79 Å². The molecule has 136 valence electrons. The van der Waals surface area contributed by atoms with E-state index in [0.29, 0.717) is 0 Å². The van der Waals surface area contributed by atoms with Gasteiger partial charge in [0.1, 0.15) is 5.25 Å². The van der Waals surface area contributed by atoms with Gasteiger partial charge in [0.2, 0.25) is 0 Å². The molecule has 0 saturated heterocycles. The van der Waals surface area contributed by atoms with Crippen LogP contribution in [0.15, 0.2) is 65.6 Å². The van der Waals surface area contributed by atoms with Crippen LogP contribution in [0.5, 0.6) is 0 Å². The van der Waals surface area contributed by atoms with Gasteiger partial charge < -0.3 is 9.47 Å². The number of alkyl carbamates (subject to hydrolysis) is 1. The SMILES string of the molecule is CCOC(=O)NC(=O)COC(=O)[C@@H](Sc1ccccc1)c1ccccc1. The Morgan fingerprint density at radius 1 is 0.962 bits per heavy atom. The van der Waals surface area contributed by atoms with Crippen LogP contribution in [0, 0.1) is 0 Å². The minimum absolute atomic E-state index is 0.142. The number of imide groups is 1. The average molecular weight is 373 g/mol. The van der Waals surface area contributed by atoms with Crippen LogP contribution in [0.3, 0.4) is 0 Å². The zero-order valence-corrected chi connectivity index (χ0v) is 15.0. The highest BCUT2D eigenvalue weighted by atomic mass is 32.2. The van der Waals surface area contributed by atoms with Gasteiger partial charge in [-0.05, 0) is 24.6 Å². The van der Waals surface area contributed by atoms with E-state index >= 15 is 0 Å². The molecular formula is C19H19NO5S. The van der Waals surface area contributed by atoms with E-state index < -0.39 is 29.8 Å².